The minimum absolute atomic E-state index is 0.127. The van der Waals surface area contributed by atoms with Gasteiger partial charge in [0.25, 0.3) is 0 Å². The number of hydrogen-bond acceptors (Lipinski definition) is 11. The standard InChI is InChI=1S/C40H51N3O10/c1-42(37-30-10-6-5-9-28(30)22-34(37)46)39(48)32(41-40(49)53-36-25-52-35(24-44)38(36)47)23-33(45)31(21-26-7-3-2-4-8-26)27-11-13-29(14-12-27)51-20-17-43-15-18-50-19-16-43/h2-14,31-38,44-47H,15-25H2,1H3,(H,41,49)/t31-,32+,33-,34+,35-,36+,37-,38-/m0/s1. The summed E-state index contributed by atoms with van der Waals surface area (Å²) in [5.41, 5.74) is 3.55. The van der Waals surface area contributed by atoms with E-state index in [1.165, 1.54) is 4.90 Å². The summed E-state index contributed by atoms with van der Waals surface area (Å²) in [6, 6.07) is 22.9. The summed E-state index contributed by atoms with van der Waals surface area (Å²) >= 11 is 0. The van der Waals surface area contributed by atoms with Crippen LogP contribution in [0.1, 0.15) is 40.6 Å². The van der Waals surface area contributed by atoms with Crippen molar-refractivity contribution in [2.45, 2.75) is 67.8 Å². The number of alkyl carbamates (subject to hydrolysis) is 1. The molecule has 286 valence electrons. The Morgan fingerprint density at radius 3 is 2.43 bits per heavy atom. The van der Waals surface area contributed by atoms with E-state index in [4.69, 9.17) is 18.9 Å². The van der Waals surface area contributed by atoms with Crippen LogP contribution in [0.3, 0.4) is 0 Å². The number of ether oxygens (including phenoxy) is 4. The van der Waals surface area contributed by atoms with Gasteiger partial charge in [0.15, 0.2) is 6.10 Å². The molecule has 2 heterocycles. The van der Waals surface area contributed by atoms with Crippen molar-refractivity contribution in [2.75, 3.05) is 59.7 Å². The SMILES string of the molecule is CN(C(=O)[C@@H](C[C@H](O)[C@@H](Cc1ccccc1)c1ccc(OCCN2CCOCC2)cc1)NC(=O)O[C@@H]1CO[C@@H](CO)[C@@H]1O)[C@H]1c2ccccc2C[C@H]1O. The number of nitrogens with one attached hydrogen (secondary N) is 1. The average molecular weight is 734 g/mol. The molecule has 6 rings (SSSR count). The molecule has 53 heavy (non-hydrogen) atoms. The van der Waals surface area contributed by atoms with Gasteiger partial charge in [0, 0.05) is 45.4 Å². The molecule has 0 bridgehead atoms. The van der Waals surface area contributed by atoms with E-state index >= 15 is 0 Å². The highest BCUT2D eigenvalue weighted by molar-refractivity contribution is 5.86. The molecule has 0 radical (unpaired) electrons. The Bertz CT molecular complexity index is 1620. The number of nitrogens with zero attached hydrogens (tertiary/aromatic N) is 2. The summed E-state index contributed by atoms with van der Waals surface area (Å²) in [5, 5.41) is 45.6. The highest BCUT2D eigenvalue weighted by Gasteiger charge is 2.41. The van der Waals surface area contributed by atoms with E-state index in [1.54, 1.807) is 7.05 Å². The van der Waals surface area contributed by atoms with Gasteiger partial charge in [-0.05, 0) is 40.8 Å². The zero-order valence-corrected chi connectivity index (χ0v) is 30.0. The molecule has 0 aromatic heterocycles. The van der Waals surface area contributed by atoms with Crippen molar-refractivity contribution >= 4 is 12.0 Å². The van der Waals surface area contributed by atoms with Gasteiger partial charge < -0.3 is 49.6 Å². The normalized spacial score (nSPS) is 24.5. The van der Waals surface area contributed by atoms with Crippen molar-refractivity contribution in [2.24, 2.45) is 0 Å². The van der Waals surface area contributed by atoms with Crippen LogP contribution in [0, 0.1) is 0 Å². The van der Waals surface area contributed by atoms with Crippen LogP contribution in [0.25, 0.3) is 0 Å². The van der Waals surface area contributed by atoms with Gasteiger partial charge in [-0.3, -0.25) is 9.69 Å². The van der Waals surface area contributed by atoms with Crippen LogP contribution in [-0.2, 0) is 31.8 Å². The maximum Gasteiger partial charge on any atom is 0.408 e. The molecule has 3 aliphatic rings. The Hall–Kier alpha value is -4.08. The van der Waals surface area contributed by atoms with E-state index in [0.717, 1.165) is 55.1 Å². The molecule has 3 aromatic carbocycles. The summed E-state index contributed by atoms with van der Waals surface area (Å²) in [5.74, 6) is -0.307. The highest BCUT2D eigenvalue weighted by atomic mass is 16.6. The lowest BCUT2D eigenvalue weighted by atomic mass is 9.84. The largest absolute Gasteiger partial charge is 0.492 e. The molecule has 0 spiro atoms. The van der Waals surface area contributed by atoms with Gasteiger partial charge in [-0.1, -0.05) is 66.7 Å². The lowest BCUT2D eigenvalue weighted by Crippen LogP contribution is -2.52. The molecule has 2 fully saturated rings. The predicted molar refractivity (Wildman–Crippen MR) is 194 cm³/mol. The number of benzene rings is 3. The first-order valence-electron chi connectivity index (χ1n) is 18.4. The summed E-state index contributed by atoms with van der Waals surface area (Å²) in [4.78, 5) is 31.4. The number of carbonyl (C=O) groups excluding carboxylic acids is 2. The maximum atomic E-state index is 14.3. The summed E-state index contributed by atoms with van der Waals surface area (Å²) in [6.45, 7) is 3.94. The highest BCUT2D eigenvalue weighted by Crippen LogP contribution is 2.36. The number of aliphatic hydroxyl groups is 4. The number of carbonyl (C=O) groups is 2. The summed E-state index contributed by atoms with van der Waals surface area (Å²) in [6.07, 6.45) is -5.53. The van der Waals surface area contributed by atoms with Crippen LogP contribution in [0.5, 0.6) is 5.75 Å². The van der Waals surface area contributed by atoms with E-state index in [-0.39, 0.29) is 13.0 Å². The first-order chi connectivity index (χ1) is 25.7. The molecule has 2 saturated heterocycles. The van der Waals surface area contributed by atoms with Crippen molar-refractivity contribution < 1.29 is 49.0 Å². The Morgan fingerprint density at radius 1 is 1.00 bits per heavy atom. The van der Waals surface area contributed by atoms with Crippen LogP contribution >= 0.6 is 0 Å². The predicted octanol–water partition coefficient (Wildman–Crippen LogP) is 1.81. The molecule has 0 saturated carbocycles. The third-order valence-electron chi connectivity index (χ3n) is 10.5. The zero-order chi connectivity index (χ0) is 37.3. The number of fused-ring (bicyclic) bond motifs is 1. The van der Waals surface area contributed by atoms with Gasteiger partial charge in [0.1, 0.15) is 30.6 Å². The fourth-order valence-electron chi connectivity index (χ4n) is 7.54. The molecule has 8 atom stereocenters. The van der Waals surface area contributed by atoms with E-state index in [9.17, 15) is 30.0 Å². The summed E-state index contributed by atoms with van der Waals surface area (Å²) < 4.78 is 22.2. The second kappa shape index (κ2) is 18.3. The molecule has 3 aromatic rings. The van der Waals surface area contributed by atoms with Crippen molar-refractivity contribution in [3.05, 3.63) is 101 Å². The van der Waals surface area contributed by atoms with Crippen LogP contribution in [0.15, 0.2) is 78.9 Å². The second-order valence-corrected chi connectivity index (χ2v) is 14.0. The van der Waals surface area contributed by atoms with Gasteiger partial charge in [-0.25, -0.2) is 4.79 Å². The third-order valence-corrected chi connectivity index (χ3v) is 10.5. The lowest BCUT2D eigenvalue weighted by molar-refractivity contribution is -0.137. The van der Waals surface area contributed by atoms with Crippen LogP contribution < -0.4 is 10.1 Å². The van der Waals surface area contributed by atoms with Gasteiger partial charge in [-0.15, -0.1) is 0 Å². The molecular weight excluding hydrogens is 682 g/mol. The average Bonchev–Trinajstić information content (AvgIpc) is 3.71. The van der Waals surface area contributed by atoms with Gasteiger partial charge in [0.05, 0.1) is 44.7 Å². The number of morpholine rings is 1. The monoisotopic (exact) mass is 733 g/mol. The molecular formula is C40H51N3O10. The molecule has 5 N–H and O–H groups in total. The number of aliphatic hydroxyl groups excluding tert-OH is 4. The zero-order valence-electron chi connectivity index (χ0n) is 30.0. The van der Waals surface area contributed by atoms with Crippen molar-refractivity contribution in [1.29, 1.82) is 0 Å². The van der Waals surface area contributed by atoms with Crippen molar-refractivity contribution in [1.82, 2.24) is 15.1 Å². The van der Waals surface area contributed by atoms with E-state index < -0.39 is 67.1 Å². The van der Waals surface area contributed by atoms with E-state index in [0.29, 0.717) is 25.2 Å². The van der Waals surface area contributed by atoms with Crippen molar-refractivity contribution in [3.8, 4) is 5.75 Å². The molecule has 13 heteroatoms. The minimum Gasteiger partial charge on any atom is -0.492 e. The maximum absolute atomic E-state index is 14.3. The Balaban J connectivity index is 1.21. The van der Waals surface area contributed by atoms with Crippen molar-refractivity contribution in [3.63, 3.8) is 0 Å². The lowest BCUT2D eigenvalue weighted by Gasteiger charge is -2.33. The van der Waals surface area contributed by atoms with Gasteiger partial charge in [0.2, 0.25) is 5.91 Å². The van der Waals surface area contributed by atoms with Crippen LogP contribution in [-0.4, -0.2) is 139 Å². The minimum atomic E-state index is -1.27. The summed E-state index contributed by atoms with van der Waals surface area (Å²) in [7, 11) is 1.57. The number of hydrogen-bond donors (Lipinski definition) is 5. The van der Waals surface area contributed by atoms with E-state index in [1.807, 2.05) is 78.9 Å². The number of amides is 2. The topological polar surface area (TPSA) is 170 Å². The second-order valence-electron chi connectivity index (χ2n) is 14.0. The van der Waals surface area contributed by atoms with Gasteiger partial charge >= 0.3 is 6.09 Å². The Kier molecular flexibility index (Phi) is 13.3. The van der Waals surface area contributed by atoms with Crippen LogP contribution in [0.2, 0.25) is 0 Å². The number of likely N-dealkylation sites (N-methyl/N-ethyl adjacent to an activating group) is 1. The first kappa shape index (κ1) is 38.6. The van der Waals surface area contributed by atoms with E-state index in [2.05, 4.69) is 10.2 Å². The fraction of sp³-hybridized carbons (Fsp3) is 0.500. The fourth-order valence-corrected chi connectivity index (χ4v) is 7.54. The molecule has 2 aliphatic heterocycles. The first-order valence-corrected chi connectivity index (χ1v) is 18.4. The third kappa shape index (κ3) is 9.73. The van der Waals surface area contributed by atoms with Crippen LogP contribution in [0.4, 0.5) is 4.79 Å². The smallest absolute Gasteiger partial charge is 0.408 e. The Morgan fingerprint density at radius 2 is 1.72 bits per heavy atom. The Labute approximate surface area is 310 Å². The number of rotatable bonds is 15. The van der Waals surface area contributed by atoms with Gasteiger partial charge in [-0.2, -0.15) is 0 Å². The molecule has 2 amide bonds. The molecule has 13 nitrogen and oxygen atoms in total. The molecule has 1 aliphatic carbocycles. The quantitative estimate of drug-likeness (QED) is 0.154. The molecule has 0 unspecified atom stereocenters.